The maximum atomic E-state index is 6.79. The molecule has 2 heterocycles. The first-order valence-corrected chi connectivity index (χ1v) is 6.89. The molecule has 2 atom stereocenters. The molecule has 2 nitrogen and oxygen atoms in total. The lowest BCUT2D eigenvalue weighted by molar-refractivity contribution is 0.0385. The molecule has 2 fully saturated rings. The molecule has 2 N–H and O–H groups in total. The van der Waals surface area contributed by atoms with Crippen molar-refractivity contribution in [3.8, 4) is 0 Å². The van der Waals surface area contributed by atoms with Crippen LogP contribution in [0.25, 0.3) is 0 Å². The van der Waals surface area contributed by atoms with Crippen LogP contribution >= 0.6 is 24.8 Å². The van der Waals surface area contributed by atoms with Crippen molar-refractivity contribution in [2.24, 2.45) is 5.73 Å². The highest BCUT2D eigenvalue weighted by Crippen LogP contribution is 2.38. The number of hydrogen-bond donors (Lipinski definition) is 1. The summed E-state index contributed by atoms with van der Waals surface area (Å²) < 4.78 is 0. The second kappa shape index (κ2) is 6.94. The van der Waals surface area contributed by atoms with Gasteiger partial charge in [0.15, 0.2) is 0 Å². The zero-order valence-corrected chi connectivity index (χ0v) is 12.9. The highest BCUT2D eigenvalue weighted by molar-refractivity contribution is 5.85. The topological polar surface area (TPSA) is 29.3 Å². The van der Waals surface area contributed by atoms with Gasteiger partial charge in [0.05, 0.1) is 5.54 Å². The summed E-state index contributed by atoms with van der Waals surface area (Å²) in [4.78, 5) is 2.62. The molecule has 0 spiro atoms. The molecule has 0 aliphatic carbocycles. The first kappa shape index (κ1) is 16.8. The molecule has 4 heteroatoms. The molecule has 1 aromatic rings. The van der Waals surface area contributed by atoms with Gasteiger partial charge in [0.25, 0.3) is 0 Å². The fourth-order valence-electron chi connectivity index (χ4n) is 3.67. The maximum Gasteiger partial charge on any atom is 0.0567 e. The summed E-state index contributed by atoms with van der Waals surface area (Å²) in [7, 11) is 0. The van der Waals surface area contributed by atoms with E-state index >= 15 is 0 Å². The quantitative estimate of drug-likeness (QED) is 0.862. The maximum absolute atomic E-state index is 6.79. The minimum absolute atomic E-state index is 0. The summed E-state index contributed by atoms with van der Waals surface area (Å²) in [5.74, 6) is 0. The largest absolute Gasteiger partial charge is 0.320 e. The number of piperidine rings is 2. The Balaban J connectivity index is 0.000000902. The second-order valence-corrected chi connectivity index (χ2v) is 5.56. The molecule has 0 aromatic heterocycles. The van der Waals surface area contributed by atoms with Gasteiger partial charge in [-0.25, -0.2) is 0 Å². The van der Waals surface area contributed by atoms with Gasteiger partial charge in [-0.15, -0.1) is 24.8 Å². The number of nitrogens with two attached hydrogens (primary N) is 1. The molecular formula is C15H24Cl2N2. The summed E-state index contributed by atoms with van der Waals surface area (Å²) in [6.07, 6.45) is 6.33. The van der Waals surface area contributed by atoms with Crippen molar-refractivity contribution >= 4 is 24.8 Å². The summed E-state index contributed by atoms with van der Waals surface area (Å²) in [5, 5.41) is 0. The van der Waals surface area contributed by atoms with E-state index in [0.717, 1.165) is 6.42 Å². The molecule has 0 amide bonds. The van der Waals surface area contributed by atoms with Crippen LogP contribution in [0.3, 0.4) is 0 Å². The molecule has 3 rings (SSSR count). The van der Waals surface area contributed by atoms with Gasteiger partial charge in [-0.1, -0.05) is 36.8 Å². The zero-order chi connectivity index (χ0) is 11.7. The molecule has 2 aliphatic rings. The molecule has 1 aromatic carbocycles. The smallest absolute Gasteiger partial charge is 0.0567 e. The average molecular weight is 303 g/mol. The number of hydrogen-bond acceptors (Lipinski definition) is 2. The first-order valence-electron chi connectivity index (χ1n) is 6.89. The summed E-state index contributed by atoms with van der Waals surface area (Å²) in [6, 6.07) is 11.3. The van der Waals surface area contributed by atoms with Gasteiger partial charge in [-0.2, -0.15) is 0 Å². The summed E-state index contributed by atoms with van der Waals surface area (Å²) >= 11 is 0. The highest BCUT2D eigenvalue weighted by atomic mass is 35.5. The molecule has 2 aliphatic heterocycles. The van der Waals surface area contributed by atoms with Gasteiger partial charge in [0.1, 0.15) is 0 Å². The van der Waals surface area contributed by atoms with Crippen LogP contribution in [0.2, 0.25) is 0 Å². The monoisotopic (exact) mass is 302 g/mol. The van der Waals surface area contributed by atoms with E-state index in [-0.39, 0.29) is 30.4 Å². The van der Waals surface area contributed by atoms with Crippen LogP contribution in [0.15, 0.2) is 30.3 Å². The van der Waals surface area contributed by atoms with Crippen LogP contribution in [0, 0.1) is 0 Å². The van der Waals surface area contributed by atoms with E-state index in [1.807, 2.05) is 0 Å². The van der Waals surface area contributed by atoms with Gasteiger partial charge in [-0.05, 0) is 44.3 Å². The molecule has 2 saturated heterocycles. The molecule has 0 saturated carbocycles. The lowest BCUT2D eigenvalue weighted by Gasteiger charge is -2.50. The van der Waals surface area contributed by atoms with E-state index in [1.165, 1.54) is 44.3 Å². The lowest BCUT2D eigenvalue weighted by Crippen LogP contribution is -2.61. The Morgan fingerprint density at radius 2 is 1.68 bits per heavy atom. The second-order valence-electron chi connectivity index (χ2n) is 5.56. The van der Waals surface area contributed by atoms with Crippen molar-refractivity contribution in [1.29, 1.82) is 0 Å². The highest BCUT2D eigenvalue weighted by Gasteiger charge is 2.43. The number of rotatable bonds is 1. The predicted molar refractivity (Wildman–Crippen MR) is 85.2 cm³/mol. The standard InChI is InChI=1S/C15H22N2.2ClH/c16-15(13-7-2-1-3-8-13)10-6-12-17-11-5-4-9-14(15)17;;/h1-3,7-8,14H,4-6,9-12,16H2;2*1H. The number of halogens is 2. The lowest BCUT2D eigenvalue weighted by atomic mass is 9.73. The van der Waals surface area contributed by atoms with Crippen molar-refractivity contribution in [3.63, 3.8) is 0 Å². The van der Waals surface area contributed by atoms with Gasteiger partial charge < -0.3 is 5.73 Å². The predicted octanol–water partition coefficient (Wildman–Crippen LogP) is 3.33. The van der Waals surface area contributed by atoms with Crippen molar-refractivity contribution in [2.45, 2.75) is 43.7 Å². The summed E-state index contributed by atoms with van der Waals surface area (Å²) in [6.45, 7) is 2.49. The minimum Gasteiger partial charge on any atom is -0.320 e. The van der Waals surface area contributed by atoms with E-state index in [0.29, 0.717) is 6.04 Å². The fraction of sp³-hybridized carbons (Fsp3) is 0.600. The van der Waals surface area contributed by atoms with Crippen molar-refractivity contribution in [3.05, 3.63) is 35.9 Å². The Labute approximate surface area is 128 Å². The van der Waals surface area contributed by atoms with Crippen LogP contribution in [-0.2, 0) is 5.54 Å². The Morgan fingerprint density at radius 1 is 1.00 bits per heavy atom. The Morgan fingerprint density at radius 3 is 2.42 bits per heavy atom. The van der Waals surface area contributed by atoms with E-state index in [4.69, 9.17) is 5.73 Å². The van der Waals surface area contributed by atoms with E-state index in [2.05, 4.69) is 35.2 Å². The number of benzene rings is 1. The number of fused-ring (bicyclic) bond motifs is 1. The van der Waals surface area contributed by atoms with Crippen LogP contribution in [0.1, 0.15) is 37.7 Å². The molecule has 2 unspecified atom stereocenters. The van der Waals surface area contributed by atoms with E-state index in [9.17, 15) is 0 Å². The van der Waals surface area contributed by atoms with Crippen LogP contribution in [0.5, 0.6) is 0 Å². The average Bonchev–Trinajstić information content (AvgIpc) is 2.40. The van der Waals surface area contributed by atoms with Crippen LogP contribution in [-0.4, -0.2) is 24.0 Å². The first-order chi connectivity index (χ1) is 8.31. The third-order valence-electron chi connectivity index (χ3n) is 4.56. The molecule has 0 bridgehead atoms. The fourth-order valence-corrected chi connectivity index (χ4v) is 3.67. The van der Waals surface area contributed by atoms with Gasteiger partial charge in [0.2, 0.25) is 0 Å². The van der Waals surface area contributed by atoms with E-state index < -0.39 is 0 Å². The van der Waals surface area contributed by atoms with Gasteiger partial charge >= 0.3 is 0 Å². The molecular weight excluding hydrogens is 279 g/mol. The zero-order valence-electron chi connectivity index (χ0n) is 11.3. The molecule has 108 valence electrons. The van der Waals surface area contributed by atoms with Crippen LogP contribution < -0.4 is 5.73 Å². The summed E-state index contributed by atoms with van der Waals surface area (Å²) in [5.41, 5.74) is 8.01. The Hall–Kier alpha value is -0.280. The third-order valence-corrected chi connectivity index (χ3v) is 4.56. The SMILES string of the molecule is Cl.Cl.NC1(c2ccccc2)CCCN2CCCCC21. The Bertz CT molecular complexity index is 383. The van der Waals surface area contributed by atoms with Gasteiger partial charge in [-0.3, -0.25) is 4.90 Å². The molecule has 19 heavy (non-hydrogen) atoms. The normalized spacial score (nSPS) is 30.7. The third kappa shape index (κ3) is 3.08. The van der Waals surface area contributed by atoms with Crippen molar-refractivity contribution in [2.75, 3.05) is 13.1 Å². The number of nitrogens with zero attached hydrogens (tertiary/aromatic N) is 1. The Kier molecular flexibility index (Phi) is 6.13. The van der Waals surface area contributed by atoms with Crippen LogP contribution in [0.4, 0.5) is 0 Å². The van der Waals surface area contributed by atoms with E-state index in [1.54, 1.807) is 0 Å². The van der Waals surface area contributed by atoms with Crippen molar-refractivity contribution in [1.82, 2.24) is 4.90 Å². The van der Waals surface area contributed by atoms with Gasteiger partial charge in [0, 0.05) is 6.04 Å². The molecule has 0 radical (unpaired) electrons. The minimum atomic E-state index is -0.111. The van der Waals surface area contributed by atoms with Crippen molar-refractivity contribution < 1.29 is 0 Å².